The molecule has 0 spiro atoms. The van der Waals surface area contributed by atoms with Crippen molar-refractivity contribution in [2.75, 3.05) is 0 Å². The number of hydrogen-bond donors (Lipinski definition) is 1. The van der Waals surface area contributed by atoms with Gasteiger partial charge in [-0.2, -0.15) is 0 Å². The quantitative estimate of drug-likeness (QED) is 0.0950. The number of ketones is 1. The van der Waals surface area contributed by atoms with Gasteiger partial charge in [0.15, 0.2) is 12.5 Å². The summed E-state index contributed by atoms with van der Waals surface area (Å²) in [6, 6.07) is 28.0. The fourth-order valence-corrected chi connectivity index (χ4v) is 7.44. The van der Waals surface area contributed by atoms with Crippen LogP contribution in [0.2, 0.25) is 5.31 Å². The Hall–Kier alpha value is -3.01. The normalized spacial score (nSPS) is 12.7. The summed E-state index contributed by atoms with van der Waals surface area (Å²) < 4.78 is 0. The van der Waals surface area contributed by atoms with E-state index in [-0.39, 0.29) is 37.0 Å². The van der Waals surface area contributed by atoms with Gasteiger partial charge < -0.3 is 10.1 Å². The first-order valence-corrected chi connectivity index (χ1v) is 14.4. The summed E-state index contributed by atoms with van der Waals surface area (Å²) in [5, 5.41) is 11.1. The monoisotopic (exact) mass is 723 g/mol. The number of carbonyl (C=O) groups excluding carboxylic acids is 1. The fourth-order valence-electron chi connectivity index (χ4n) is 7.44. The second-order valence-electron chi connectivity index (χ2n) is 12.0. The van der Waals surface area contributed by atoms with Crippen LogP contribution < -0.4 is 10.9 Å². The van der Waals surface area contributed by atoms with Gasteiger partial charge >= 0.3 is 0 Å². The van der Waals surface area contributed by atoms with Gasteiger partial charge in [-0.1, -0.05) is 101 Å². The maximum absolute atomic E-state index is 10.0. The van der Waals surface area contributed by atoms with Gasteiger partial charge in [0, 0.05) is 32.4 Å². The molecular weight excluding hydrogens is 681 g/mol. The fraction of sp³-hybridized carbons (Fsp3) is 0.333. The Morgan fingerprint density at radius 1 is 0.902 bits per heavy atom. The van der Waals surface area contributed by atoms with E-state index in [0.29, 0.717) is 24.5 Å². The Balaban J connectivity index is 0.000000516. The maximum atomic E-state index is 10.0. The zero-order chi connectivity index (χ0) is 29.2. The molecule has 5 heteroatoms. The summed E-state index contributed by atoms with van der Waals surface area (Å²) in [6.07, 6.45) is 3.10. The second kappa shape index (κ2) is 13.3. The molecule has 0 fully saturated rings. The van der Waals surface area contributed by atoms with Crippen molar-refractivity contribution >= 4 is 34.2 Å². The molecule has 0 saturated carbocycles. The molecule has 0 saturated heterocycles. The summed E-state index contributed by atoms with van der Waals surface area (Å²) in [6.45, 7) is 17.6. The molecule has 0 aliphatic carbocycles. The molecule has 0 atom stereocenters. The largest absolute Gasteiger partial charge is 0.512 e. The number of rotatable bonds is 6. The smallest absolute Gasteiger partial charge is 0.155 e. The van der Waals surface area contributed by atoms with Gasteiger partial charge in [-0.3, -0.25) is 4.79 Å². The predicted molar refractivity (Wildman–Crippen MR) is 171 cm³/mol. The van der Waals surface area contributed by atoms with Crippen LogP contribution >= 0.6 is 0 Å². The van der Waals surface area contributed by atoms with E-state index in [2.05, 4.69) is 114 Å². The van der Waals surface area contributed by atoms with E-state index in [0.717, 1.165) is 5.69 Å². The van der Waals surface area contributed by atoms with Crippen LogP contribution in [0.1, 0.15) is 55.4 Å². The van der Waals surface area contributed by atoms with Gasteiger partial charge in [-0.25, -0.2) is 0 Å². The topological polar surface area (TPSA) is 50.2 Å². The maximum Gasteiger partial charge on any atom is 0.155 e. The predicted octanol–water partition coefficient (Wildman–Crippen LogP) is 8.03. The molecule has 1 aliphatic heterocycles. The molecule has 0 amide bonds. The molecule has 1 aromatic heterocycles. The average molecular weight is 723 g/mol. The average Bonchev–Trinajstić information content (AvgIpc) is 3.22. The number of pyridine rings is 1. The molecule has 215 valence electrons. The number of aliphatic hydroxyl groups is 1. The molecule has 2 heterocycles. The van der Waals surface area contributed by atoms with Gasteiger partial charge in [-0.05, 0) is 59.4 Å². The van der Waals surface area contributed by atoms with E-state index >= 15 is 0 Å². The van der Waals surface area contributed by atoms with Crippen molar-refractivity contribution in [3.63, 3.8) is 0 Å². The molecule has 0 bridgehead atoms. The van der Waals surface area contributed by atoms with Crippen LogP contribution in [0.15, 0.2) is 84.8 Å². The minimum absolute atomic E-state index is 0. The minimum Gasteiger partial charge on any atom is -0.512 e. The van der Waals surface area contributed by atoms with Gasteiger partial charge in [0.25, 0.3) is 0 Å². The molecule has 3 nitrogen and oxygen atoms in total. The SMILES string of the molecule is CC(=O)/C=C(/C)O.CC(C)C(B1c2cc(-c3cccc4ccccc34)c[c-]c2-c2ncccc21)(C(C)C)C(C)C.[Ir]. The standard InChI is InChI=1S/C31H33BN.C5H8O2.Ir/c1-20(2)31(21(3)4,22(5)6)32-28-15-10-18-33-30(28)27-17-16-24(19-29(27)32)26-14-9-12-23-11-7-8-13-25(23)26;1-4(6)3-5(2)7;/h7-16,18-22H,1-6H3;3,6H,1-2H3;/q-1;;/b;4-3-;. The number of allylic oxidation sites excluding steroid dienone is 2. The van der Waals surface area contributed by atoms with Gasteiger partial charge in [-0.15, -0.1) is 34.7 Å². The van der Waals surface area contributed by atoms with E-state index in [4.69, 9.17) is 10.1 Å². The summed E-state index contributed by atoms with van der Waals surface area (Å²) in [5.41, 5.74) is 7.59. The summed E-state index contributed by atoms with van der Waals surface area (Å²) in [5.74, 6) is 1.53. The Bertz CT molecular complexity index is 1530. The molecule has 1 radical (unpaired) electrons. The number of fused-ring (bicyclic) bond motifs is 4. The van der Waals surface area contributed by atoms with E-state index in [1.807, 2.05) is 6.20 Å². The Labute approximate surface area is 259 Å². The van der Waals surface area contributed by atoms with Crippen LogP contribution in [0.4, 0.5) is 0 Å². The number of carbonyl (C=O) groups is 1. The summed E-state index contributed by atoms with van der Waals surface area (Å²) in [7, 11) is 0. The van der Waals surface area contributed by atoms with Crippen molar-refractivity contribution in [1.29, 1.82) is 0 Å². The zero-order valence-corrected chi connectivity index (χ0v) is 27.8. The first-order chi connectivity index (χ1) is 19.0. The number of hydrogen-bond acceptors (Lipinski definition) is 3. The number of aromatic nitrogens is 1. The third-order valence-corrected chi connectivity index (χ3v) is 8.68. The first-order valence-electron chi connectivity index (χ1n) is 14.4. The van der Waals surface area contributed by atoms with Gasteiger partial charge in [0.2, 0.25) is 0 Å². The van der Waals surface area contributed by atoms with E-state index < -0.39 is 0 Å². The van der Waals surface area contributed by atoms with Crippen LogP contribution in [0, 0.1) is 23.8 Å². The molecular formula is C36H41BIrNO2-. The molecule has 5 rings (SSSR count). The molecule has 0 unspecified atom stereocenters. The zero-order valence-electron chi connectivity index (χ0n) is 25.5. The van der Waals surface area contributed by atoms with Crippen LogP contribution in [0.3, 0.4) is 0 Å². The first kappa shape index (κ1) is 32.5. The van der Waals surface area contributed by atoms with Crippen molar-refractivity contribution in [3.05, 3.63) is 90.8 Å². The summed E-state index contributed by atoms with van der Waals surface area (Å²) >= 11 is 0. The molecule has 3 aromatic carbocycles. The third kappa shape index (κ3) is 6.13. The number of aliphatic hydroxyl groups excluding tert-OH is 1. The second-order valence-corrected chi connectivity index (χ2v) is 12.0. The van der Waals surface area contributed by atoms with Crippen molar-refractivity contribution < 1.29 is 30.0 Å². The third-order valence-electron chi connectivity index (χ3n) is 8.68. The van der Waals surface area contributed by atoms with Crippen LogP contribution in [-0.4, -0.2) is 22.6 Å². The number of nitrogens with zero attached hydrogens (tertiary/aromatic N) is 1. The molecule has 1 N–H and O–H groups in total. The van der Waals surface area contributed by atoms with Crippen molar-refractivity contribution in [2.24, 2.45) is 17.8 Å². The molecule has 1 aliphatic rings. The van der Waals surface area contributed by atoms with E-state index in [1.54, 1.807) is 0 Å². The van der Waals surface area contributed by atoms with Crippen molar-refractivity contribution in [1.82, 2.24) is 4.98 Å². The summed E-state index contributed by atoms with van der Waals surface area (Å²) in [4.78, 5) is 14.9. The van der Waals surface area contributed by atoms with Crippen LogP contribution in [0.5, 0.6) is 0 Å². The van der Waals surface area contributed by atoms with Crippen molar-refractivity contribution in [2.45, 2.75) is 60.7 Å². The molecule has 41 heavy (non-hydrogen) atoms. The van der Waals surface area contributed by atoms with Crippen LogP contribution in [-0.2, 0) is 24.9 Å². The van der Waals surface area contributed by atoms with E-state index in [1.165, 1.54) is 58.3 Å². The van der Waals surface area contributed by atoms with Gasteiger partial charge in [0.05, 0.1) is 5.76 Å². The minimum atomic E-state index is -0.125. The Morgan fingerprint density at radius 2 is 1.54 bits per heavy atom. The number of benzene rings is 3. The van der Waals surface area contributed by atoms with Crippen molar-refractivity contribution in [3.8, 4) is 22.4 Å². The Morgan fingerprint density at radius 3 is 2.12 bits per heavy atom. The van der Waals surface area contributed by atoms with Gasteiger partial charge in [0.1, 0.15) is 0 Å². The molecule has 4 aromatic rings. The van der Waals surface area contributed by atoms with Crippen LogP contribution in [0.25, 0.3) is 33.2 Å². The van der Waals surface area contributed by atoms with E-state index in [9.17, 15) is 4.79 Å². The Kier molecular flexibility index (Phi) is 10.6.